The summed E-state index contributed by atoms with van der Waals surface area (Å²) in [4.78, 5) is 2.26. The lowest BCUT2D eigenvalue weighted by atomic mass is 10.2. The standard InChI is InChI=1S/C21H36N10/c1-16(2)7-29-13-19(22-25-29)10-28(11-20-14-30(26-23-20)8-17(3)4)12-21-15-31(27-24-21)9-18(5)6/h13-18H,7-12H2,1-6H3. The molecule has 0 aliphatic carbocycles. The van der Waals surface area contributed by atoms with E-state index in [1.54, 1.807) is 0 Å². The van der Waals surface area contributed by atoms with E-state index in [1.165, 1.54) is 0 Å². The molecule has 3 heterocycles. The Hall–Kier alpha value is -2.62. The molecule has 0 radical (unpaired) electrons. The summed E-state index contributed by atoms with van der Waals surface area (Å²) in [5.74, 6) is 1.58. The van der Waals surface area contributed by atoms with Gasteiger partial charge in [0.05, 0.1) is 17.1 Å². The second kappa shape index (κ2) is 10.6. The van der Waals surface area contributed by atoms with Gasteiger partial charge in [-0.1, -0.05) is 57.2 Å². The Kier molecular flexibility index (Phi) is 7.89. The molecule has 0 atom stereocenters. The second-order valence-electron chi connectivity index (χ2n) is 9.62. The third-order valence-corrected chi connectivity index (χ3v) is 4.57. The van der Waals surface area contributed by atoms with E-state index >= 15 is 0 Å². The van der Waals surface area contributed by atoms with E-state index in [0.29, 0.717) is 37.4 Å². The maximum Gasteiger partial charge on any atom is 0.0967 e. The molecule has 0 saturated carbocycles. The van der Waals surface area contributed by atoms with Crippen molar-refractivity contribution in [1.29, 1.82) is 0 Å². The summed E-state index contributed by atoms with van der Waals surface area (Å²) in [7, 11) is 0. The molecule has 31 heavy (non-hydrogen) atoms. The van der Waals surface area contributed by atoms with Crippen molar-refractivity contribution < 1.29 is 0 Å². The van der Waals surface area contributed by atoms with Crippen molar-refractivity contribution in [2.75, 3.05) is 0 Å². The molecule has 170 valence electrons. The van der Waals surface area contributed by atoms with Crippen LogP contribution in [0.5, 0.6) is 0 Å². The van der Waals surface area contributed by atoms with Gasteiger partial charge in [0.15, 0.2) is 0 Å². The Balaban J connectivity index is 1.72. The Morgan fingerprint density at radius 3 is 1.13 bits per heavy atom. The predicted molar refractivity (Wildman–Crippen MR) is 118 cm³/mol. The van der Waals surface area contributed by atoms with Gasteiger partial charge in [-0.25, -0.2) is 0 Å². The largest absolute Gasteiger partial charge is 0.285 e. The quantitative estimate of drug-likeness (QED) is 0.437. The van der Waals surface area contributed by atoms with Gasteiger partial charge in [-0.05, 0) is 17.8 Å². The van der Waals surface area contributed by atoms with Gasteiger partial charge in [0.25, 0.3) is 0 Å². The van der Waals surface area contributed by atoms with Crippen LogP contribution in [0, 0.1) is 17.8 Å². The summed E-state index contributed by atoms with van der Waals surface area (Å²) in [5.41, 5.74) is 2.80. The van der Waals surface area contributed by atoms with Gasteiger partial charge in [0, 0.05) is 57.9 Å². The summed E-state index contributed by atoms with van der Waals surface area (Å²) < 4.78 is 5.74. The van der Waals surface area contributed by atoms with Crippen LogP contribution in [0.25, 0.3) is 0 Å². The zero-order chi connectivity index (χ0) is 22.4. The molecule has 0 unspecified atom stereocenters. The minimum atomic E-state index is 0.526. The minimum absolute atomic E-state index is 0.526. The third kappa shape index (κ3) is 7.54. The fraction of sp³-hybridized carbons (Fsp3) is 0.714. The average molecular weight is 429 g/mol. The zero-order valence-electron chi connectivity index (χ0n) is 19.7. The molecule has 0 spiro atoms. The Labute approximate surface area is 184 Å². The van der Waals surface area contributed by atoms with Crippen molar-refractivity contribution in [1.82, 2.24) is 49.9 Å². The zero-order valence-corrected chi connectivity index (χ0v) is 19.7. The van der Waals surface area contributed by atoms with Crippen LogP contribution in [0.2, 0.25) is 0 Å². The van der Waals surface area contributed by atoms with Crippen molar-refractivity contribution in [2.45, 2.75) is 80.8 Å². The van der Waals surface area contributed by atoms with Crippen LogP contribution in [0.3, 0.4) is 0 Å². The highest BCUT2D eigenvalue weighted by Gasteiger charge is 2.15. The molecule has 3 rings (SSSR count). The molecule has 0 aromatic carbocycles. The lowest BCUT2D eigenvalue weighted by Gasteiger charge is -2.18. The maximum absolute atomic E-state index is 4.37. The molecular weight excluding hydrogens is 392 g/mol. The van der Waals surface area contributed by atoms with Crippen molar-refractivity contribution in [2.24, 2.45) is 17.8 Å². The number of hydrogen-bond donors (Lipinski definition) is 0. The van der Waals surface area contributed by atoms with Crippen LogP contribution in [-0.2, 0) is 39.3 Å². The van der Waals surface area contributed by atoms with Gasteiger partial charge in [-0.2, -0.15) is 0 Å². The highest BCUT2D eigenvalue weighted by atomic mass is 15.4. The van der Waals surface area contributed by atoms with Gasteiger partial charge in [-0.15, -0.1) is 15.3 Å². The Morgan fingerprint density at radius 2 is 0.871 bits per heavy atom. The third-order valence-electron chi connectivity index (χ3n) is 4.57. The fourth-order valence-electron chi connectivity index (χ4n) is 3.48. The van der Waals surface area contributed by atoms with Crippen molar-refractivity contribution in [3.63, 3.8) is 0 Å². The first-order chi connectivity index (χ1) is 14.8. The Morgan fingerprint density at radius 1 is 0.581 bits per heavy atom. The smallest absolute Gasteiger partial charge is 0.0967 e. The normalized spacial score (nSPS) is 12.2. The highest BCUT2D eigenvalue weighted by molar-refractivity contribution is 5.00. The number of rotatable bonds is 12. The maximum atomic E-state index is 4.37. The van der Waals surface area contributed by atoms with Crippen LogP contribution in [0.1, 0.15) is 58.6 Å². The van der Waals surface area contributed by atoms with Crippen LogP contribution >= 0.6 is 0 Å². The fourth-order valence-corrected chi connectivity index (χ4v) is 3.48. The monoisotopic (exact) mass is 428 g/mol. The summed E-state index contributed by atoms with van der Waals surface area (Å²) in [6, 6.07) is 0. The number of nitrogens with zero attached hydrogens (tertiary/aromatic N) is 10. The summed E-state index contributed by atoms with van der Waals surface area (Å²) >= 11 is 0. The number of aromatic nitrogens is 9. The number of hydrogen-bond acceptors (Lipinski definition) is 7. The summed E-state index contributed by atoms with van der Waals surface area (Å²) in [6.07, 6.45) is 6.08. The molecule has 0 bridgehead atoms. The van der Waals surface area contributed by atoms with Crippen LogP contribution in [0.4, 0.5) is 0 Å². The molecule has 10 heteroatoms. The van der Waals surface area contributed by atoms with Gasteiger partial charge >= 0.3 is 0 Å². The van der Waals surface area contributed by atoms with E-state index in [9.17, 15) is 0 Å². The first-order valence-corrected chi connectivity index (χ1v) is 11.2. The highest BCUT2D eigenvalue weighted by Crippen LogP contribution is 2.12. The van der Waals surface area contributed by atoms with E-state index in [0.717, 1.165) is 36.7 Å². The summed E-state index contributed by atoms with van der Waals surface area (Å²) in [6.45, 7) is 17.6. The van der Waals surface area contributed by atoms with E-state index in [1.807, 2.05) is 32.6 Å². The van der Waals surface area contributed by atoms with E-state index in [-0.39, 0.29) is 0 Å². The van der Waals surface area contributed by atoms with Crippen molar-refractivity contribution in [3.8, 4) is 0 Å². The molecule has 0 aliphatic heterocycles. The second-order valence-corrected chi connectivity index (χ2v) is 9.62. The lowest BCUT2D eigenvalue weighted by molar-refractivity contribution is 0.238. The SMILES string of the molecule is CC(C)Cn1cc(CN(Cc2cn(CC(C)C)nn2)Cc2cn(CC(C)C)nn2)nn1. The first kappa shape index (κ1) is 23.1. The first-order valence-electron chi connectivity index (χ1n) is 11.2. The van der Waals surface area contributed by atoms with Gasteiger partial charge < -0.3 is 0 Å². The molecular formula is C21H36N10. The average Bonchev–Trinajstić information content (AvgIpc) is 3.37. The molecule has 0 fully saturated rings. The van der Waals surface area contributed by atoms with Crippen molar-refractivity contribution in [3.05, 3.63) is 35.7 Å². The molecule has 10 nitrogen and oxygen atoms in total. The summed E-state index contributed by atoms with van der Waals surface area (Å²) in [5, 5.41) is 25.9. The molecule has 3 aromatic heterocycles. The topological polar surface area (TPSA) is 95.4 Å². The van der Waals surface area contributed by atoms with E-state index in [2.05, 4.69) is 77.4 Å². The Bertz CT molecular complexity index is 801. The van der Waals surface area contributed by atoms with Gasteiger partial charge in [0.2, 0.25) is 0 Å². The molecule has 0 saturated heterocycles. The van der Waals surface area contributed by atoms with Crippen LogP contribution in [-0.4, -0.2) is 49.9 Å². The van der Waals surface area contributed by atoms with Gasteiger partial charge in [0.1, 0.15) is 0 Å². The van der Waals surface area contributed by atoms with Crippen LogP contribution in [0.15, 0.2) is 18.6 Å². The van der Waals surface area contributed by atoms with E-state index in [4.69, 9.17) is 0 Å². The van der Waals surface area contributed by atoms with Crippen LogP contribution < -0.4 is 0 Å². The minimum Gasteiger partial charge on any atom is -0.285 e. The molecule has 0 amide bonds. The predicted octanol–water partition coefficient (Wildman–Crippen LogP) is 2.63. The van der Waals surface area contributed by atoms with Gasteiger partial charge in [-0.3, -0.25) is 18.9 Å². The van der Waals surface area contributed by atoms with Crippen molar-refractivity contribution >= 4 is 0 Å². The van der Waals surface area contributed by atoms with E-state index < -0.39 is 0 Å². The molecule has 0 aliphatic rings. The molecule has 3 aromatic rings. The molecule has 0 N–H and O–H groups in total. The lowest BCUT2D eigenvalue weighted by Crippen LogP contribution is -2.23.